The monoisotopic (exact) mass is 408 g/mol. The highest BCUT2D eigenvalue weighted by atomic mass is 35.5. The molecule has 0 unspecified atom stereocenters. The number of amides is 1. The molecule has 1 amide bonds. The van der Waals surface area contributed by atoms with Crippen LogP contribution in [-0.2, 0) is 4.79 Å². The largest absolute Gasteiger partial charge is 0.508 e. The summed E-state index contributed by atoms with van der Waals surface area (Å²) in [6.45, 7) is 0. The quantitative estimate of drug-likeness (QED) is 0.323. The minimum Gasteiger partial charge on any atom is -0.508 e. The first-order chi connectivity index (χ1) is 13.9. The van der Waals surface area contributed by atoms with Gasteiger partial charge < -0.3 is 19.9 Å². The molecular weight excluding hydrogens is 396 g/mol. The lowest BCUT2D eigenvalue weighted by Crippen LogP contribution is -2.13. The van der Waals surface area contributed by atoms with E-state index in [-0.39, 0.29) is 27.7 Å². The first-order valence-electron chi connectivity index (χ1n) is 8.22. The number of nitriles is 1. The number of carbonyl (C=O) groups excluding carboxylic acids is 1. The molecule has 1 aromatic heterocycles. The molecule has 0 saturated carbocycles. The first kappa shape index (κ1) is 19.7. The fraction of sp³-hybridized carbons (Fsp3) is 0. The zero-order valence-corrected chi connectivity index (χ0v) is 15.5. The Morgan fingerprint density at radius 3 is 2.48 bits per heavy atom. The van der Waals surface area contributed by atoms with Crippen LogP contribution in [-0.4, -0.2) is 22.1 Å². The summed E-state index contributed by atoms with van der Waals surface area (Å²) in [4.78, 5) is 23.5. The SMILES string of the molecule is N#C/C(=C\c1ccc(-c2ccc(Cl)c(C(=O)O)c2)o1)C(=O)Nc1ccc(O)cc1. The summed E-state index contributed by atoms with van der Waals surface area (Å²) in [5.41, 5.74) is 0.639. The average molecular weight is 409 g/mol. The predicted octanol–water partition coefficient (Wildman–Crippen LogP) is 4.55. The van der Waals surface area contributed by atoms with Crippen molar-refractivity contribution in [2.45, 2.75) is 0 Å². The maximum atomic E-state index is 12.3. The number of aromatic hydroxyl groups is 1. The molecule has 29 heavy (non-hydrogen) atoms. The van der Waals surface area contributed by atoms with Gasteiger partial charge in [-0.1, -0.05) is 11.6 Å². The standard InChI is InChI=1S/C21H13ClN2O5/c22-18-7-1-12(10-17(18)21(27)28)19-8-6-16(29-19)9-13(11-23)20(26)24-14-2-4-15(25)5-3-14/h1-10,25H,(H,24,26)(H,27,28)/b13-9+. The molecule has 0 saturated heterocycles. The van der Waals surface area contributed by atoms with Crippen molar-refractivity contribution in [2.24, 2.45) is 0 Å². The van der Waals surface area contributed by atoms with Gasteiger partial charge in [0.15, 0.2) is 0 Å². The molecule has 0 aliphatic heterocycles. The van der Waals surface area contributed by atoms with Gasteiger partial charge in [0.25, 0.3) is 5.91 Å². The number of nitrogens with one attached hydrogen (secondary N) is 1. The molecule has 0 fully saturated rings. The molecule has 3 aromatic rings. The smallest absolute Gasteiger partial charge is 0.337 e. The summed E-state index contributed by atoms with van der Waals surface area (Å²) in [5.74, 6) is -1.16. The maximum absolute atomic E-state index is 12.3. The fourth-order valence-electron chi connectivity index (χ4n) is 2.46. The van der Waals surface area contributed by atoms with Gasteiger partial charge in [-0.3, -0.25) is 4.79 Å². The highest BCUT2D eigenvalue weighted by Crippen LogP contribution is 2.27. The number of benzene rings is 2. The number of nitrogens with zero attached hydrogens (tertiary/aromatic N) is 1. The van der Waals surface area contributed by atoms with Crippen molar-refractivity contribution in [2.75, 3.05) is 5.32 Å². The number of phenolic OH excluding ortho intramolecular Hbond substituents is 1. The summed E-state index contributed by atoms with van der Waals surface area (Å²) in [6, 6.07) is 15.2. The van der Waals surface area contributed by atoms with E-state index in [1.54, 1.807) is 18.2 Å². The second kappa shape index (κ2) is 8.33. The van der Waals surface area contributed by atoms with Gasteiger partial charge >= 0.3 is 5.97 Å². The third-order valence-electron chi connectivity index (χ3n) is 3.88. The van der Waals surface area contributed by atoms with Gasteiger partial charge in [0, 0.05) is 17.3 Å². The molecule has 144 valence electrons. The van der Waals surface area contributed by atoms with Crippen LogP contribution in [0.3, 0.4) is 0 Å². The lowest BCUT2D eigenvalue weighted by atomic mass is 10.1. The Hall–Kier alpha value is -4.02. The topological polar surface area (TPSA) is 124 Å². The number of phenols is 1. The normalized spacial score (nSPS) is 11.0. The number of hydrogen-bond donors (Lipinski definition) is 3. The number of carboxylic acid groups (broad SMARTS) is 1. The lowest BCUT2D eigenvalue weighted by molar-refractivity contribution is -0.112. The molecule has 0 spiro atoms. The number of carboxylic acids is 1. The number of furan rings is 1. The number of hydrogen-bond acceptors (Lipinski definition) is 5. The highest BCUT2D eigenvalue weighted by Gasteiger charge is 2.14. The number of anilines is 1. The Labute approximate surface area is 170 Å². The molecule has 0 radical (unpaired) electrons. The minimum atomic E-state index is -1.17. The van der Waals surface area contributed by atoms with Crippen LogP contribution in [0.25, 0.3) is 17.4 Å². The maximum Gasteiger partial charge on any atom is 0.337 e. The van der Waals surface area contributed by atoms with Crippen molar-refractivity contribution in [1.82, 2.24) is 0 Å². The van der Waals surface area contributed by atoms with Crippen molar-refractivity contribution in [1.29, 1.82) is 5.26 Å². The molecule has 8 heteroatoms. The third-order valence-corrected chi connectivity index (χ3v) is 4.21. The van der Waals surface area contributed by atoms with Crippen LogP contribution in [0.2, 0.25) is 5.02 Å². The van der Waals surface area contributed by atoms with Crippen LogP contribution < -0.4 is 5.32 Å². The summed E-state index contributed by atoms with van der Waals surface area (Å²) in [5, 5.41) is 30.4. The van der Waals surface area contributed by atoms with Gasteiger partial charge in [0.2, 0.25) is 0 Å². The predicted molar refractivity (Wildman–Crippen MR) is 106 cm³/mol. The van der Waals surface area contributed by atoms with Gasteiger partial charge in [-0.25, -0.2) is 4.79 Å². The second-order valence-electron chi connectivity index (χ2n) is 5.87. The van der Waals surface area contributed by atoms with E-state index in [0.29, 0.717) is 17.0 Å². The van der Waals surface area contributed by atoms with E-state index < -0.39 is 11.9 Å². The van der Waals surface area contributed by atoms with Crippen molar-refractivity contribution in [3.63, 3.8) is 0 Å². The summed E-state index contributed by atoms with van der Waals surface area (Å²) < 4.78 is 5.62. The second-order valence-corrected chi connectivity index (χ2v) is 6.28. The zero-order chi connectivity index (χ0) is 21.0. The Morgan fingerprint density at radius 2 is 1.83 bits per heavy atom. The summed E-state index contributed by atoms with van der Waals surface area (Å²) >= 11 is 5.87. The summed E-state index contributed by atoms with van der Waals surface area (Å²) in [7, 11) is 0. The van der Waals surface area contributed by atoms with Gasteiger partial charge in [-0.05, 0) is 54.6 Å². The van der Waals surface area contributed by atoms with Crippen LogP contribution in [0.4, 0.5) is 5.69 Å². The fourth-order valence-corrected chi connectivity index (χ4v) is 2.66. The molecule has 0 bridgehead atoms. The van der Waals surface area contributed by atoms with Gasteiger partial charge in [-0.2, -0.15) is 5.26 Å². The molecule has 7 nitrogen and oxygen atoms in total. The summed E-state index contributed by atoms with van der Waals surface area (Å²) in [6.07, 6.45) is 1.27. The molecular formula is C21H13ClN2O5. The highest BCUT2D eigenvalue weighted by molar-refractivity contribution is 6.33. The first-order valence-corrected chi connectivity index (χ1v) is 8.60. The van der Waals surface area contributed by atoms with Crippen LogP contribution in [0, 0.1) is 11.3 Å². The molecule has 1 heterocycles. The third kappa shape index (κ3) is 4.64. The van der Waals surface area contributed by atoms with Gasteiger partial charge in [0.1, 0.15) is 28.9 Å². The van der Waals surface area contributed by atoms with E-state index in [0.717, 1.165) is 0 Å². The van der Waals surface area contributed by atoms with Crippen molar-refractivity contribution in [3.05, 3.63) is 76.5 Å². The Bertz CT molecular complexity index is 1160. The van der Waals surface area contributed by atoms with E-state index in [4.69, 9.17) is 16.0 Å². The van der Waals surface area contributed by atoms with Crippen LogP contribution in [0.15, 0.2) is 64.6 Å². The molecule has 3 rings (SSSR count). The Balaban J connectivity index is 1.83. The Kier molecular flexibility index (Phi) is 5.67. The molecule has 2 aromatic carbocycles. The number of halogens is 1. The van der Waals surface area contributed by atoms with E-state index in [1.165, 1.54) is 42.5 Å². The van der Waals surface area contributed by atoms with Gasteiger partial charge in [-0.15, -0.1) is 0 Å². The van der Waals surface area contributed by atoms with E-state index >= 15 is 0 Å². The number of aromatic carboxylic acids is 1. The van der Waals surface area contributed by atoms with Crippen LogP contribution in [0.1, 0.15) is 16.1 Å². The molecule has 0 aliphatic carbocycles. The zero-order valence-electron chi connectivity index (χ0n) is 14.7. The molecule has 0 aliphatic rings. The van der Waals surface area contributed by atoms with Crippen LogP contribution in [0.5, 0.6) is 5.75 Å². The van der Waals surface area contributed by atoms with E-state index in [2.05, 4.69) is 5.32 Å². The lowest BCUT2D eigenvalue weighted by Gasteiger charge is -2.04. The minimum absolute atomic E-state index is 0.0513. The van der Waals surface area contributed by atoms with Gasteiger partial charge in [0.05, 0.1) is 10.6 Å². The molecule has 0 atom stereocenters. The Morgan fingerprint density at radius 1 is 1.10 bits per heavy atom. The number of carbonyl (C=O) groups is 2. The van der Waals surface area contributed by atoms with Crippen molar-refractivity contribution < 1.29 is 24.2 Å². The van der Waals surface area contributed by atoms with Crippen molar-refractivity contribution >= 4 is 35.2 Å². The van der Waals surface area contributed by atoms with E-state index in [1.807, 2.05) is 6.07 Å². The molecule has 3 N–H and O–H groups in total. The van der Waals surface area contributed by atoms with E-state index in [9.17, 15) is 25.1 Å². The number of rotatable bonds is 5. The van der Waals surface area contributed by atoms with Crippen molar-refractivity contribution in [3.8, 4) is 23.1 Å². The van der Waals surface area contributed by atoms with Crippen LogP contribution >= 0.6 is 11.6 Å². The average Bonchev–Trinajstić information content (AvgIpc) is 3.16.